The average molecular weight is 278 g/mol. The topological polar surface area (TPSA) is 24.9 Å². The number of benzene rings is 1. The first-order valence-electron chi connectivity index (χ1n) is 4.82. The van der Waals surface area contributed by atoms with Crippen molar-refractivity contribution < 1.29 is 26.3 Å². The van der Waals surface area contributed by atoms with Crippen molar-refractivity contribution in [3.63, 3.8) is 0 Å². The molecule has 0 aliphatic carbocycles. The summed E-state index contributed by atoms with van der Waals surface area (Å²) in [5.41, 5.74) is -1.47. The Morgan fingerprint density at radius 3 is 1.89 bits per heavy atom. The number of anilines is 2. The van der Waals surface area contributed by atoms with Crippen LogP contribution in [0.1, 0.15) is 0 Å². The Bertz CT molecular complexity index is 617. The van der Waals surface area contributed by atoms with E-state index in [4.69, 9.17) is 0 Å². The molecular weight excluding hydrogens is 274 g/mol. The fourth-order valence-electron chi connectivity index (χ4n) is 1.31. The highest BCUT2D eigenvalue weighted by atomic mass is 19.2. The second-order valence-corrected chi connectivity index (χ2v) is 3.45. The summed E-state index contributed by atoms with van der Waals surface area (Å²) in [6, 6.07) is 2.19. The predicted octanol–water partition coefficient (Wildman–Crippen LogP) is 3.66. The number of aromatic nitrogens is 1. The summed E-state index contributed by atoms with van der Waals surface area (Å²) in [6.45, 7) is 0. The lowest BCUT2D eigenvalue weighted by Crippen LogP contribution is -2.06. The summed E-state index contributed by atoms with van der Waals surface area (Å²) >= 11 is 0. The van der Waals surface area contributed by atoms with Gasteiger partial charge in [0.15, 0.2) is 11.6 Å². The van der Waals surface area contributed by atoms with Crippen LogP contribution in [-0.2, 0) is 0 Å². The molecule has 0 saturated heterocycles. The molecule has 8 heteroatoms. The van der Waals surface area contributed by atoms with Gasteiger partial charge in [-0.15, -0.1) is 0 Å². The van der Waals surface area contributed by atoms with Crippen molar-refractivity contribution in [3.05, 3.63) is 53.4 Å². The number of halogens is 6. The highest BCUT2D eigenvalue weighted by Gasteiger charge is 2.21. The number of pyridine rings is 1. The molecule has 1 aromatic carbocycles. The zero-order chi connectivity index (χ0) is 14.2. The van der Waals surface area contributed by atoms with Gasteiger partial charge in [-0.2, -0.15) is 22.5 Å². The molecule has 0 fully saturated rings. The second kappa shape index (κ2) is 4.79. The molecule has 0 amide bonds. The standard InChI is InChI=1S/C11H4F6N2/c12-5-2-1-4(3-6(5)13)18-9-7(14)10(16)19-11(17)8(9)15/h1-3H,(H,18,19). The lowest BCUT2D eigenvalue weighted by Gasteiger charge is -2.09. The molecular formula is C11H4F6N2. The van der Waals surface area contributed by atoms with Gasteiger partial charge in [0.1, 0.15) is 5.69 Å². The second-order valence-electron chi connectivity index (χ2n) is 3.45. The lowest BCUT2D eigenvalue weighted by atomic mass is 10.2. The van der Waals surface area contributed by atoms with E-state index in [1.165, 1.54) is 0 Å². The number of hydrogen-bond donors (Lipinski definition) is 1. The van der Waals surface area contributed by atoms with Gasteiger partial charge in [0.25, 0.3) is 11.9 Å². The fraction of sp³-hybridized carbons (Fsp3) is 0. The molecule has 0 radical (unpaired) electrons. The van der Waals surface area contributed by atoms with Crippen molar-refractivity contribution in [2.75, 3.05) is 5.32 Å². The van der Waals surface area contributed by atoms with Gasteiger partial charge in [-0.05, 0) is 12.1 Å². The van der Waals surface area contributed by atoms with Crippen molar-refractivity contribution >= 4 is 11.4 Å². The number of rotatable bonds is 2. The molecule has 1 aromatic heterocycles. The van der Waals surface area contributed by atoms with Gasteiger partial charge in [-0.3, -0.25) is 0 Å². The summed E-state index contributed by atoms with van der Waals surface area (Å²) in [4.78, 5) is 2.35. The number of nitrogens with one attached hydrogen (secondary N) is 1. The molecule has 100 valence electrons. The van der Waals surface area contributed by atoms with Crippen LogP contribution in [0.15, 0.2) is 18.2 Å². The Labute approximate surface area is 102 Å². The molecule has 2 rings (SSSR count). The van der Waals surface area contributed by atoms with Crippen LogP contribution in [-0.4, -0.2) is 4.98 Å². The average Bonchev–Trinajstić information content (AvgIpc) is 2.36. The molecule has 2 aromatic rings. The van der Waals surface area contributed by atoms with Gasteiger partial charge in [0.2, 0.25) is 11.6 Å². The van der Waals surface area contributed by atoms with Crippen LogP contribution in [0.5, 0.6) is 0 Å². The molecule has 0 spiro atoms. The first-order chi connectivity index (χ1) is 8.90. The smallest absolute Gasteiger partial charge is 0.253 e. The van der Waals surface area contributed by atoms with Crippen LogP contribution >= 0.6 is 0 Å². The summed E-state index contributed by atoms with van der Waals surface area (Å²) in [5.74, 6) is -9.74. The van der Waals surface area contributed by atoms with Gasteiger partial charge in [-0.1, -0.05) is 0 Å². The van der Waals surface area contributed by atoms with Crippen LogP contribution in [0.25, 0.3) is 0 Å². The lowest BCUT2D eigenvalue weighted by molar-refractivity contribution is 0.411. The SMILES string of the molecule is Fc1ccc(Nc2c(F)c(F)nc(F)c2F)cc1F. The van der Waals surface area contributed by atoms with Gasteiger partial charge in [0.05, 0.1) is 0 Å². The molecule has 0 aliphatic rings. The molecule has 1 heterocycles. The fourth-order valence-corrected chi connectivity index (χ4v) is 1.31. The Morgan fingerprint density at radius 1 is 0.789 bits per heavy atom. The van der Waals surface area contributed by atoms with E-state index in [1.54, 1.807) is 0 Å². The van der Waals surface area contributed by atoms with E-state index in [2.05, 4.69) is 4.98 Å². The minimum absolute atomic E-state index is 0.290. The van der Waals surface area contributed by atoms with Gasteiger partial charge in [-0.25, -0.2) is 8.78 Å². The van der Waals surface area contributed by atoms with E-state index in [-0.39, 0.29) is 5.69 Å². The van der Waals surface area contributed by atoms with Crippen LogP contribution in [0.3, 0.4) is 0 Å². The maximum Gasteiger partial charge on any atom is 0.253 e. The van der Waals surface area contributed by atoms with Crippen molar-refractivity contribution in [2.24, 2.45) is 0 Å². The Balaban J connectivity index is 2.46. The third-order valence-electron chi connectivity index (χ3n) is 2.19. The molecule has 0 unspecified atom stereocenters. The van der Waals surface area contributed by atoms with E-state index in [1.807, 2.05) is 5.32 Å². The molecule has 1 N–H and O–H groups in total. The minimum atomic E-state index is -1.86. The summed E-state index contributed by atoms with van der Waals surface area (Å²) < 4.78 is 77.6. The maximum absolute atomic E-state index is 13.2. The zero-order valence-electron chi connectivity index (χ0n) is 8.95. The van der Waals surface area contributed by atoms with Crippen LogP contribution in [0.4, 0.5) is 37.7 Å². The quantitative estimate of drug-likeness (QED) is 0.670. The summed E-state index contributed by atoms with van der Waals surface area (Å²) in [6.07, 6.45) is 0. The third kappa shape index (κ3) is 2.47. The Morgan fingerprint density at radius 2 is 1.37 bits per heavy atom. The van der Waals surface area contributed by atoms with Crippen LogP contribution < -0.4 is 5.32 Å². The van der Waals surface area contributed by atoms with E-state index in [0.29, 0.717) is 12.1 Å². The van der Waals surface area contributed by atoms with Crippen molar-refractivity contribution in [1.82, 2.24) is 4.98 Å². The van der Waals surface area contributed by atoms with Gasteiger partial charge < -0.3 is 5.32 Å². The van der Waals surface area contributed by atoms with Crippen molar-refractivity contribution in [3.8, 4) is 0 Å². The molecule has 0 saturated carbocycles. The first-order valence-corrected chi connectivity index (χ1v) is 4.82. The van der Waals surface area contributed by atoms with E-state index in [9.17, 15) is 26.3 Å². The third-order valence-corrected chi connectivity index (χ3v) is 2.19. The number of hydrogen-bond acceptors (Lipinski definition) is 2. The Hall–Kier alpha value is -2.25. The normalized spacial score (nSPS) is 10.6. The van der Waals surface area contributed by atoms with Crippen LogP contribution in [0.2, 0.25) is 0 Å². The minimum Gasteiger partial charge on any atom is -0.350 e. The summed E-state index contributed by atoms with van der Waals surface area (Å²) in [7, 11) is 0. The van der Waals surface area contributed by atoms with Crippen molar-refractivity contribution in [2.45, 2.75) is 0 Å². The highest BCUT2D eigenvalue weighted by molar-refractivity contribution is 5.60. The van der Waals surface area contributed by atoms with Gasteiger partial charge >= 0.3 is 0 Å². The zero-order valence-corrected chi connectivity index (χ0v) is 8.95. The molecule has 0 aliphatic heterocycles. The molecule has 19 heavy (non-hydrogen) atoms. The first kappa shape index (κ1) is 13.2. The van der Waals surface area contributed by atoms with E-state index in [0.717, 1.165) is 6.07 Å². The molecule has 2 nitrogen and oxygen atoms in total. The van der Waals surface area contributed by atoms with Gasteiger partial charge in [0, 0.05) is 11.8 Å². The van der Waals surface area contributed by atoms with E-state index < -0.39 is 40.9 Å². The maximum atomic E-state index is 13.2. The largest absolute Gasteiger partial charge is 0.350 e. The monoisotopic (exact) mass is 278 g/mol. The predicted molar refractivity (Wildman–Crippen MR) is 53.7 cm³/mol. The molecule has 0 atom stereocenters. The van der Waals surface area contributed by atoms with Crippen LogP contribution in [0, 0.1) is 35.2 Å². The highest BCUT2D eigenvalue weighted by Crippen LogP contribution is 2.26. The Kier molecular flexibility index (Phi) is 3.32. The summed E-state index contributed by atoms with van der Waals surface area (Å²) in [5, 5.41) is 1.91. The van der Waals surface area contributed by atoms with E-state index >= 15 is 0 Å². The van der Waals surface area contributed by atoms with Crippen molar-refractivity contribution in [1.29, 1.82) is 0 Å². The number of nitrogens with zero attached hydrogens (tertiary/aromatic N) is 1. The molecule has 0 bridgehead atoms.